The van der Waals surface area contributed by atoms with Crippen molar-refractivity contribution in [1.29, 1.82) is 0 Å². The lowest BCUT2D eigenvalue weighted by Crippen LogP contribution is -2.50. The minimum Gasteiger partial charge on any atom is -0.392 e. The topological polar surface area (TPSA) is 101 Å². The van der Waals surface area contributed by atoms with Crippen molar-refractivity contribution in [2.24, 2.45) is 0 Å². The number of likely N-dealkylation sites (tertiary alicyclic amines) is 1. The van der Waals surface area contributed by atoms with Crippen molar-refractivity contribution < 1.29 is 42.1 Å². The molecule has 2 amide bonds. The molecule has 3 saturated heterocycles. The first-order valence-electron chi connectivity index (χ1n) is 14.3. The molecular weight excluding hydrogens is 555 g/mol. The lowest BCUT2D eigenvalue weighted by molar-refractivity contribution is -0.253. The molecule has 5 rings (SSSR count). The number of ether oxygens (including phenoxy) is 3. The number of aliphatic hydroxyl groups is 1. The van der Waals surface area contributed by atoms with E-state index in [2.05, 4.69) is 10.2 Å². The zero-order chi connectivity index (χ0) is 29.7. The SMILES string of the molecule is O=C(NCc1ccc([C@@H]2O[C@H](CN3CCOCC3)C[C@H](c3ccc(CO)cc3)O2)cc1)[C@@H]1CCCN1C(=O)C(F)(F)F. The second kappa shape index (κ2) is 13.5. The summed E-state index contributed by atoms with van der Waals surface area (Å²) in [4.78, 5) is 27.3. The molecule has 228 valence electrons. The van der Waals surface area contributed by atoms with Crippen LogP contribution >= 0.6 is 0 Å². The molecule has 0 saturated carbocycles. The summed E-state index contributed by atoms with van der Waals surface area (Å²) in [5, 5.41) is 12.1. The molecular formula is C30H36F3N3O6. The van der Waals surface area contributed by atoms with Gasteiger partial charge in [-0.1, -0.05) is 48.5 Å². The van der Waals surface area contributed by atoms with Gasteiger partial charge in [0.1, 0.15) is 6.04 Å². The van der Waals surface area contributed by atoms with Crippen molar-refractivity contribution in [1.82, 2.24) is 15.1 Å². The number of amides is 2. The van der Waals surface area contributed by atoms with Gasteiger partial charge in [-0.05, 0) is 29.5 Å². The Morgan fingerprint density at radius 2 is 1.60 bits per heavy atom. The van der Waals surface area contributed by atoms with Gasteiger partial charge in [0.05, 0.1) is 32.0 Å². The van der Waals surface area contributed by atoms with E-state index in [1.54, 1.807) is 0 Å². The first-order valence-corrected chi connectivity index (χ1v) is 14.3. The Hall–Kier alpha value is -3.03. The molecule has 0 bridgehead atoms. The number of carbonyl (C=O) groups excluding carboxylic acids is 2. The van der Waals surface area contributed by atoms with Crippen LogP contribution in [-0.4, -0.2) is 84.4 Å². The third-order valence-corrected chi connectivity index (χ3v) is 7.96. The number of nitrogens with zero attached hydrogens (tertiary/aromatic N) is 2. The highest BCUT2D eigenvalue weighted by molar-refractivity contribution is 5.90. The van der Waals surface area contributed by atoms with Gasteiger partial charge in [0.15, 0.2) is 6.29 Å². The number of carbonyl (C=O) groups is 2. The number of halogens is 3. The second-order valence-electron chi connectivity index (χ2n) is 10.9. The zero-order valence-electron chi connectivity index (χ0n) is 23.2. The number of nitrogens with one attached hydrogen (secondary N) is 1. The molecule has 9 nitrogen and oxygen atoms in total. The molecule has 0 aromatic heterocycles. The molecule has 4 atom stereocenters. The fourth-order valence-corrected chi connectivity index (χ4v) is 5.65. The summed E-state index contributed by atoms with van der Waals surface area (Å²) in [7, 11) is 0. The van der Waals surface area contributed by atoms with Gasteiger partial charge in [-0.15, -0.1) is 0 Å². The van der Waals surface area contributed by atoms with Crippen LogP contribution in [0, 0.1) is 0 Å². The quantitative estimate of drug-likeness (QED) is 0.486. The van der Waals surface area contributed by atoms with E-state index in [0.29, 0.717) is 31.0 Å². The van der Waals surface area contributed by atoms with Gasteiger partial charge in [-0.25, -0.2) is 0 Å². The Morgan fingerprint density at radius 3 is 2.26 bits per heavy atom. The number of hydrogen-bond donors (Lipinski definition) is 2. The number of hydrogen-bond acceptors (Lipinski definition) is 7. The molecule has 2 aromatic carbocycles. The highest BCUT2D eigenvalue weighted by Gasteiger charge is 2.47. The summed E-state index contributed by atoms with van der Waals surface area (Å²) >= 11 is 0. The number of morpholine rings is 1. The molecule has 0 unspecified atom stereocenters. The average molecular weight is 592 g/mol. The predicted molar refractivity (Wildman–Crippen MR) is 145 cm³/mol. The molecule has 2 N–H and O–H groups in total. The van der Waals surface area contributed by atoms with Gasteiger partial charge in [0.2, 0.25) is 5.91 Å². The summed E-state index contributed by atoms with van der Waals surface area (Å²) < 4.78 is 57.0. The monoisotopic (exact) mass is 591 g/mol. The summed E-state index contributed by atoms with van der Waals surface area (Å²) in [5.41, 5.74) is 3.36. The Bertz CT molecular complexity index is 1200. The van der Waals surface area contributed by atoms with Crippen molar-refractivity contribution >= 4 is 11.8 Å². The largest absolute Gasteiger partial charge is 0.471 e. The number of benzene rings is 2. The Morgan fingerprint density at radius 1 is 0.929 bits per heavy atom. The predicted octanol–water partition coefficient (Wildman–Crippen LogP) is 3.23. The first kappa shape index (κ1) is 30.4. The van der Waals surface area contributed by atoms with E-state index in [4.69, 9.17) is 14.2 Å². The van der Waals surface area contributed by atoms with Crippen molar-refractivity contribution in [2.45, 2.75) is 63.1 Å². The molecule has 12 heteroatoms. The Labute approximate surface area is 242 Å². The number of aliphatic hydroxyl groups excluding tert-OH is 1. The van der Waals surface area contributed by atoms with E-state index in [-0.39, 0.29) is 38.3 Å². The van der Waals surface area contributed by atoms with Crippen molar-refractivity contribution in [3.8, 4) is 0 Å². The van der Waals surface area contributed by atoms with Crippen LogP contribution in [0.1, 0.15) is 53.9 Å². The fourth-order valence-electron chi connectivity index (χ4n) is 5.65. The van der Waals surface area contributed by atoms with E-state index >= 15 is 0 Å². The van der Waals surface area contributed by atoms with Crippen LogP contribution in [0.4, 0.5) is 13.2 Å². The molecule has 0 aliphatic carbocycles. The van der Waals surface area contributed by atoms with Crippen molar-refractivity contribution in [2.75, 3.05) is 39.4 Å². The highest BCUT2D eigenvalue weighted by Crippen LogP contribution is 2.38. The molecule has 3 aliphatic heterocycles. The highest BCUT2D eigenvalue weighted by atomic mass is 19.4. The number of alkyl halides is 3. The third kappa shape index (κ3) is 7.48. The summed E-state index contributed by atoms with van der Waals surface area (Å²) in [6, 6.07) is 13.9. The lowest BCUT2D eigenvalue weighted by atomic mass is 9.99. The molecule has 0 spiro atoms. The van der Waals surface area contributed by atoms with Crippen LogP contribution in [0.2, 0.25) is 0 Å². The lowest BCUT2D eigenvalue weighted by Gasteiger charge is -2.39. The third-order valence-electron chi connectivity index (χ3n) is 7.96. The zero-order valence-corrected chi connectivity index (χ0v) is 23.2. The molecule has 2 aromatic rings. The normalized spacial score (nSPS) is 25.4. The van der Waals surface area contributed by atoms with E-state index in [9.17, 15) is 27.9 Å². The molecule has 3 fully saturated rings. The van der Waals surface area contributed by atoms with Crippen LogP contribution in [0.5, 0.6) is 0 Å². The Balaban J connectivity index is 1.23. The fraction of sp³-hybridized carbons (Fsp3) is 0.533. The van der Waals surface area contributed by atoms with Crippen LogP contribution in [0.25, 0.3) is 0 Å². The smallest absolute Gasteiger partial charge is 0.392 e. The maximum absolute atomic E-state index is 12.9. The van der Waals surface area contributed by atoms with Crippen LogP contribution in [-0.2, 0) is 37.0 Å². The van der Waals surface area contributed by atoms with Gasteiger partial charge in [0.25, 0.3) is 0 Å². The second-order valence-corrected chi connectivity index (χ2v) is 10.9. The summed E-state index contributed by atoms with van der Waals surface area (Å²) in [6.45, 7) is 3.78. The van der Waals surface area contributed by atoms with Gasteiger partial charge < -0.3 is 29.5 Å². The van der Waals surface area contributed by atoms with Gasteiger partial charge in [-0.3, -0.25) is 14.5 Å². The number of rotatable bonds is 8. The van der Waals surface area contributed by atoms with Gasteiger partial charge in [0, 0.05) is 44.7 Å². The minimum atomic E-state index is -5.01. The van der Waals surface area contributed by atoms with Crippen molar-refractivity contribution in [3.63, 3.8) is 0 Å². The summed E-state index contributed by atoms with van der Waals surface area (Å²) in [6.07, 6.45) is -4.73. The van der Waals surface area contributed by atoms with Gasteiger partial charge >= 0.3 is 12.1 Å². The van der Waals surface area contributed by atoms with E-state index in [0.717, 1.165) is 41.9 Å². The standard InChI is InChI=1S/C30H36F3N3O6/c31-30(32,33)29(39)36-11-1-2-25(36)27(38)34-17-20-3-9-23(10-4-20)28-41-24(18-35-12-14-40-15-13-35)16-26(42-28)22-7-5-21(19-37)6-8-22/h3-10,24-26,28,37H,1-2,11-19H2,(H,34,38)/t24-,25-,26+,28+/m0/s1. The first-order chi connectivity index (χ1) is 20.2. The molecule has 3 heterocycles. The van der Waals surface area contributed by atoms with E-state index in [1.807, 2.05) is 48.5 Å². The van der Waals surface area contributed by atoms with E-state index in [1.165, 1.54) is 0 Å². The van der Waals surface area contributed by atoms with Crippen LogP contribution < -0.4 is 5.32 Å². The van der Waals surface area contributed by atoms with Crippen LogP contribution in [0.3, 0.4) is 0 Å². The molecule has 42 heavy (non-hydrogen) atoms. The van der Waals surface area contributed by atoms with Crippen LogP contribution in [0.15, 0.2) is 48.5 Å². The average Bonchev–Trinajstić information content (AvgIpc) is 3.50. The molecule has 0 radical (unpaired) electrons. The van der Waals surface area contributed by atoms with Crippen molar-refractivity contribution in [3.05, 3.63) is 70.8 Å². The maximum atomic E-state index is 12.9. The maximum Gasteiger partial charge on any atom is 0.471 e. The summed E-state index contributed by atoms with van der Waals surface area (Å²) in [5.74, 6) is -2.58. The van der Waals surface area contributed by atoms with Gasteiger partial charge in [-0.2, -0.15) is 13.2 Å². The molecule has 3 aliphatic rings. The minimum absolute atomic E-state index is 0.0331. The Kier molecular flexibility index (Phi) is 9.79. The van der Waals surface area contributed by atoms with E-state index < -0.39 is 30.3 Å².